The van der Waals surface area contributed by atoms with Gasteiger partial charge in [-0.1, -0.05) is 18.2 Å². The summed E-state index contributed by atoms with van der Waals surface area (Å²) < 4.78 is 0. The summed E-state index contributed by atoms with van der Waals surface area (Å²) in [6.07, 6.45) is 1.31. The van der Waals surface area contributed by atoms with Gasteiger partial charge in [-0.15, -0.1) is 11.3 Å². The maximum Gasteiger partial charge on any atom is 0.281 e. The van der Waals surface area contributed by atoms with Gasteiger partial charge < -0.3 is 5.32 Å². The summed E-state index contributed by atoms with van der Waals surface area (Å²) in [6.45, 7) is 0. The fourth-order valence-electron chi connectivity index (χ4n) is 1.72. The number of thiophene rings is 1. The lowest BCUT2D eigenvalue weighted by Gasteiger charge is -2.07. The van der Waals surface area contributed by atoms with E-state index >= 15 is 0 Å². The quantitative estimate of drug-likeness (QED) is 0.251. The van der Waals surface area contributed by atoms with Crippen LogP contribution in [0.4, 0.5) is 5.69 Å². The standard InChI is InChI=1S/C14H12N4O4S/c15-17-13(19)11(16-14(20)12-5-2-6-23-12)8-9-3-1-4-10(7-9)18(21)22/h1-8H,15H2,(H,16,20)(H,17,19)/b11-8+. The first-order valence-corrected chi connectivity index (χ1v) is 7.21. The number of nitro groups is 1. The summed E-state index contributed by atoms with van der Waals surface area (Å²) in [4.78, 5) is 34.5. The second kappa shape index (κ2) is 7.29. The van der Waals surface area contributed by atoms with Crippen molar-refractivity contribution in [1.82, 2.24) is 10.7 Å². The summed E-state index contributed by atoms with van der Waals surface area (Å²) in [5.41, 5.74) is 2.05. The Morgan fingerprint density at radius 1 is 1.26 bits per heavy atom. The number of non-ortho nitro benzene ring substituents is 1. The number of hydrogen-bond donors (Lipinski definition) is 3. The molecule has 8 nitrogen and oxygen atoms in total. The first kappa shape index (κ1) is 16.3. The lowest BCUT2D eigenvalue weighted by atomic mass is 10.1. The van der Waals surface area contributed by atoms with Crippen LogP contribution in [0, 0.1) is 10.1 Å². The summed E-state index contributed by atoms with van der Waals surface area (Å²) in [5, 5.41) is 14.9. The van der Waals surface area contributed by atoms with Crippen LogP contribution in [0.15, 0.2) is 47.5 Å². The molecule has 9 heteroatoms. The molecule has 2 rings (SSSR count). The predicted molar refractivity (Wildman–Crippen MR) is 85.2 cm³/mol. The highest BCUT2D eigenvalue weighted by Gasteiger charge is 2.15. The van der Waals surface area contributed by atoms with E-state index in [-0.39, 0.29) is 11.4 Å². The Bertz CT molecular complexity index is 771. The van der Waals surface area contributed by atoms with Crippen LogP contribution in [0.1, 0.15) is 15.2 Å². The molecule has 2 aromatic rings. The molecule has 0 aliphatic heterocycles. The lowest BCUT2D eigenvalue weighted by Crippen LogP contribution is -2.38. The molecule has 1 aromatic heterocycles. The topological polar surface area (TPSA) is 127 Å². The summed E-state index contributed by atoms with van der Waals surface area (Å²) in [6, 6.07) is 8.94. The molecule has 0 saturated carbocycles. The summed E-state index contributed by atoms with van der Waals surface area (Å²) in [7, 11) is 0. The van der Waals surface area contributed by atoms with Gasteiger partial charge in [0.2, 0.25) is 0 Å². The van der Waals surface area contributed by atoms with Crippen LogP contribution in [-0.4, -0.2) is 16.7 Å². The zero-order chi connectivity index (χ0) is 16.8. The van der Waals surface area contributed by atoms with Crippen molar-refractivity contribution < 1.29 is 14.5 Å². The first-order valence-electron chi connectivity index (χ1n) is 6.33. The van der Waals surface area contributed by atoms with E-state index in [0.29, 0.717) is 10.4 Å². The van der Waals surface area contributed by atoms with Gasteiger partial charge in [0.05, 0.1) is 9.80 Å². The second-order valence-electron chi connectivity index (χ2n) is 4.31. The van der Waals surface area contributed by atoms with Crippen LogP contribution in [0.25, 0.3) is 6.08 Å². The van der Waals surface area contributed by atoms with Crippen molar-refractivity contribution in [1.29, 1.82) is 0 Å². The Kier molecular flexibility index (Phi) is 5.18. The van der Waals surface area contributed by atoms with Crippen molar-refractivity contribution in [3.63, 3.8) is 0 Å². The molecule has 0 aliphatic carbocycles. The van der Waals surface area contributed by atoms with Crippen LogP contribution >= 0.6 is 11.3 Å². The van der Waals surface area contributed by atoms with Crippen molar-refractivity contribution in [3.05, 3.63) is 68.0 Å². The van der Waals surface area contributed by atoms with E-state index in [9.17, 15) is 19.7 Å². The first-order chi connectivity index (χ1) is 11.0. The van der Waals surface area contributed by atoms with Gasteiger partial charge in [-0.25, -0.2) is 5.84 Å². The molecule has 0 saturated heterocycles. The molecular formula is C14H12N4O4S. The Balaban J connectivity index is 2.31. The lowest BCUT2D eigenvalue weighted by molar-refractivity contribution is -0.384. The summed E-state index contributed by atoms with van der Waals surface area (Å²) in [5.74, 6) is 3.91. The highest BCUT2D eigenvalue weighted by Crippen LogP contribution is 2.16. The van der Waals surface area contributed by atoms with E-state index in [1.165, 1.54) is 35.6 Å². The minimum Gasteiger partial charge on any atom is -0.317 e. The molecule has 0 bridgehead atoms. The fourth-order valence-corrected chi connectivity index (χ4v) is 2.34. The van der Waals surface area contributed by atoms with Gasteiger partial charge in [0, 0.05) is 12.1 Å². The van der Waals surface area contributed by atoms with Crippen LogP contribution in [0.3, 0.4) is 0 Å². The number of hydrazine groups is 1. The number of nitrogens with two attached hydrogens (primary N) is 1. The van der Waals surface area contributed by atoms with Crippen LogP contribution < -0.4 is 16.6 Å². The second-order valence-corrected chi connectivity index (χ2v) is 5.26. The van der Waals surface area contributed by atoms with Gasteiger partial charge in [-0.2, -0.15) is 0 Å². The molecule has 0 fully saturated rings. The van der Waals surface area contributed by atoms with Crippen molar-refractivity contribution in [2.45, 2.75) is 0 Å². The van der Waals surface area contributed by atoms with E-state index in [0.717, 1.165) is 0 Å². The Morgan fingerprint density at radius 2 is 2.04 bits per heavy atom. The number of carbonyl (C=O) groups is 2. The maximum absolute atomic E-state index is 12.0. The Labute approximate surface area is 134 Å². The van der Waals surface area contributed by atoms with Gasteiger partial charge in [-0.05, 0) is 23.1 Å². The molecule has 0 aliphatic rings. The average Bonchev–Trinajstić information content (AvgIpc) is 3.08. The molecule has 1 aromatic carbocycles. The van der Waals surface area contributed by atoms with E-state index < -0.39 is 16.7 Å². The molecule has 0 unspecified atom stereocenters. The molecule has 4 N–H and O–H groups in total. The highest BCUT2D eigenvalue weighted by molar-refractivity contribution is 7.12. The summed E-state index contributed by atoms with van der Waals surface area (Å²) >= 11 is 1.21. The third-order valence-corrected chi connectivity index (χ3v) is 3.63. The number of rotatable bonds is 5. The van der Waals surface area contributed by atoms with E-state index in [1.807, 2.05) is 5.43 Å². The highest BCUT2D eigenvalue weighted by atomic mass is 32.1. The van der Waals surface area contributed by atoms with Crippen molar-refractivity contribution in [2.75, 3.05) is 0 Å². The predicted octanol–water partition coefficient (Wildman–Crippen LogP) is 1.42. The largest absolute Gasteiger partial charge is 0.317 e. The molecule has 0 spiro atoms. The van der Waals surface area contributed by atoms with Crippen molar-refractivity contribution >= 4 is 34.9 Å². The zero-order valence-corrected chi connectivity index (χ0v) is 12.5. The number of carbonyl (C=O) groups excluding carboxylic acids is 2. The van der Waals surface area contributed by atoms with Crippen molar-refractivity contribution in [2.24, 2.45) is 5.84 Å². The number of nitro benzene ring substituents is 1. The molecule has 1 heterocycles. The number of amides is 2. The number of nitrogens with one attached hydrogen (secondary N) is 2. The van der Waals surface area contributed by atoms with E-state index in [1.54, 1.807) is 23.6 Å². The zero-order valence-electron chi connectivity index (χ0n) is 11.7. The van der Waals surface area contributed by atoms with Crippen LogP contribution in [0.2, 0.25) is 0 Å². The van der Waals surface area contributed by atoms with E-state index in [4.69, 9.17) is 5.84 Å². The number of hydrogen-bond acceptors (Lipinski definition) is 6. The normalized spacial score (nSPS) is 10.9. The molecular weight excluding hydrogens is 320 g/mol. The molecule has 2 amide bonds. The van der Waals surface area contributed by atoms with Crippen molar-refractivity contribution in [3.8, 4) is 0 Å². The van der Waals surface area contributed by atoms with Gasteiger partial charge in [-0.3, -0.25) is 25.1 Å². The van der Waals surface area contributed by atoms with Gasteiger partial charge in [0.15, 0.2) is 0 Å². The minimum absolute atomic E-state index is 0.119. The van der Waals surface area contributed by atoms with Gasteiger partial charge in [0.1, 0.15) is 5.70 Å². The molecule has 0 radical (unpaired) electrons. The third-order valence-electron chi connectivity index (χ3n) is 2.76. The molecule has 0 atom stereocenters. The number of nitrogens with zero attached hydrogens (tertiary/aromatic N) is 1. The fraction of sp³-hybridized carbons (Fsp3) is 0. The average molecular weight is 332 g/mol. The van der Waals surface area contributed by atoms with Gasteiger partial charge in [0.25, 0.3) is 17.5 Å². The SMILES string of the molecule is NNC(=O)/C(=C\c1cccc([N+](=O)[O-])c1)NC(=O)c1cccs1. The monoisotopic (exact) mass is 332 g/mol. The number of benzene rings is 1. The Morgan fingerprint density at radius 3 is 2.65 bits per heavy atom. The third kappa shape index (κ3) is 4.22. The maximum atomic E-state index is 12.0. The molecule has 23 heavy (non-hydrogen) atoms. The van der Waals surface area contributed by atoms with E-state index in [2.05, 4.69) is 5.32 Å². The van der Waals surface area contributed by atoms with Crippen LogP contribution in [-0.2, 0) is 4.79 Å². The Hall–Kier alpha value is -3.04. The molecule has 118 valence electrons. The minimum atomic E-state index is -0.721. The van der Waals surface area contributed by atoms with Crippen LogP contribution in [0.5, 0.6) is 0 Å². The smallest absolute Gasteiger partial charge is 0.281 e. The van der Waals surface area contributed by atoms with Gasteiger partial charge >= 0.3 is 0 Å².